The highest BCUT2D eigenvalue weighted by molar-refractivity contribution is 6.02. The predicted octanol–water partition coefficient (Wildman–Crippen LogP) is 4.03. The van der Waals surface area contributed by atoms with Crippen LogP contribution >= 0.6 is 0 Å². The lowest BCUT2D eigenvalue weighted by atomic mass is 9.99. The second-order valence-electron chi connectivity index (χ2n) is 8.80. The quantitative estimate of drug-likeness (QED) is 0.404. The molecule has 1 N–H and O–H groups in total. The molecule has 1 amide bonds. The number of nitrogens with zero attached hydrogens (tertiary/aromatic N) is 1. The van der Waals surface area contributed by atoms with Gasteiger partial charge in [-0.1, -0.05) is 12.1 Å². The molecule has 0 aliphatic carbocycles. The Kier molecular flexibility index (Phi) is 6.66. The fourth-order valence-electron chi connectivity index (χ4n) is 4.56. The Hall–Kier alpha value is -3.49. The van der Waals surface area contributed by atoms with Gasteiger partial charge in [-0.2, -0.15) is 0 Å². The molecule has 1 aliphatic rings. The molecule has 7 nitrogen and oxygen atoms in total. The van der Waals surface area contributed by atoms with Crippen LogP contribution in [-0.4, -0.2) is 50.2 Å². The maximum absolute atomic E-state index is 13.4. The van der Waals surface area contributed by atoms with Gasteiger partial charge in [0, 0.05) is 60.6 Å². The van der Waals surface area contributed by atoms with Crippen LogP contribution < -0.4 is 10.9 Å². The van der Waals surface area contributed by atoms with Crippen LogP contribution in [0.4, 0.5) is 4.39 Å². The maximum Gasteiger partial charge on any atom is 0.339 e. The van der Waals surface area contributed by atoms with Crippen molar-refractivity contribution in [3.05, 3.63) is 70.0 Å². The van der Waals surface area contributed by atoms with Crippen molar-refractivity contribution in [1.29, 1.82) is 0 Å². The van der Waals surface area contributed by atoms with Gasteiger partial charge >= 0.3 is 5.63 Å². The third-order valence-corrected chi connectivity index (χ3v) is 6.59. The highest BCUT2D eigenvalue weighted by Gasteiger charge is 2.17. The molecule has 1 aliphatic heterocycles. The maximum atomic E-state index is 13.4. The Balaban J connectivity index is 1.34. The molecule has 2 aromatic carbocycles. The van der Waals surface area contributed by atoms with E-state index in [1.54, 1.807) is 24.5 Å². The highest BCUT2D eigenvalue weighted by atomic mass is 19.1. The van der Waals surface area contributed by atoms with E-state index >= 15 is 0 Å². The van der Waals surface area contributed by atoms with E-state index in [0.29, 0.717) is 29.7 Å². The topological polar surface area (TPSA) is 84.9 Å². The molecule has 0 spiro atoms. The molecular formula is C27H27FN2O5. The molecule has 5 rings (SSSR count). The first kappa shape index (κ1) is 23.3. The molecule has 182 valence electrons. The Morgan fingerprint density at radius 1 is 1.09 bits per heavy atom. The number of benzene rings is 2. The van der Waals surface area contributed by atoms with Crippen molar-refractivity contribution in [3.8, 4) is 11.1 Å². The second-order valence-corrected chi connectivity index (χ2v) is 8.80. The van der Waals surface area contributed by atoms with E-state index in [-0.39, 0.29) is 18.1 Å². The average molecular weight is 479 g/mol. The van der Waals surface area contributed by atoms with Crippen LogP contribution in [0.5, 0.6) is 0 Å². The number of rotatable bonds is 7. The second kappa shape index (κ2) is 10.0. The smallest absolute Gasteiger partial charge is 0.339 e. The van der Waals surface area contributed by atoms with Gasteiger partial charge in [0.15, 0.2) is 0 Å². The van der Waals surface area contributed by atoms with Crippen LogP contribution in [0.25, 0.3) is 33.1 Å². The number of hydrogen-bond donors (Lipinski definition) is 1. The Labute approximate surface area is 201 Å². The predicted molar refractivity (Wildman–Crippen MR) is 131 cm³/mol. The van der Waals surface area contributed by atoms with E-state index in [1.165, 1.54) is 12.1 Å². The molecule has 0 atom stereocenters. The minimum absolute atomic E-state index is 0.0963. The number of amides is 1. The fraction of sp³-hybridized carbons (Fsp3) is 0.333. The highest BCUT2D eigenvalue weighted by Crippen LogP contribution is 2.34. The fourth-order valence-corrected chi connectivity index (χ4v) is 4.56. The summed E-state index contributed by atoms with van der Waals surface area (Å²) in [5, 5.41) is 4.56. The standard InChI is InChI=1S/C27H27FN2O5/c1-17-20(6-7-26(31)29-8-9-30-10-12-33-13-11-30)27(32)35-25-15-24-22(14-21(17)25)23(16-34-24)18-2-4-19(28)5-3-18/h2-5,14-16H,6-13H2,1H3,(H,29,31). The lowest BCUT2D eigenvalue weighted by Crippen LogP contribution is -2.41. The van der Waals surface area contributed by atoms with Crippen molar-refractivity contribution < 1.29 is 22.8 Å². The molecule has 1 saturated heterocycles. The lowest BCUT2D eigenvalue weighted by molar-refractivity contribution is -0.121. The number of nitrogens with one attached hydrogen (secondary N) is 1. The van der Waals surface area contributed by atoms with Crippen molar-refractivity contribution in [2.75, 3.05) is 39.4 Å². The van der Waals surface area contributed by atoms with Crippen LogP contribution in [0.15, 0.2) is 56.3 Å². The van der Waals surface area contributed by atoms with Crippen LogP contribution in [0.3, 0.4) is 0 Å². The first-order valence-electron chi connectivity index (χ1n) is 11.8. The summed E-state index contributed by atoms with van der Waals surface area (Å²) < 4.78 is 30.0. The molecule has 8 heteroatoms. The van der Waals surface area contributed by atoms with Gasteiger partial charge in [-0.25, -0.2) is 9.18 Å². The van der Waals surface area contributed by atoms with E-state index in [9.17, 15) is 14.0 Å². The van der Waals surface area contributed by atoms with Gasteiger partial charge in [0.2, 0.25) is 5.91 Å². The van der Waals surface area contributed by atoms with Crippen LogP contribution in [0.2, 0.25) is 0 Å². The number of fused-ring (bicyclic) bond motifs is 2. The summed E-state index contributed by atoms with van der Waals surface area (Å²) in [6, 6.07) is 9.84. The van der Waals surface area contributed by atoms with Crippen LogP contribution in [0.1, 0.15) is 17.5 Å². The van der Waals surface area contributed by atoms with Crippen molar-refractivity contribution in [3.63, 3.8) is 0 Å². The Bertz CT molecular complexity index is 1420. The van der Waals surface area contributed by atoms with E-state index in [1.807, 2.05) is 13.0 Å². The number of ether oxygens (including phenoxy) is 1. The molecular weight excluding hydrogens is 451 g/mol. The average Bonchev–Trinajstić information content (AvgIpc) is 3.27. The molecule has 0 radical (unpaired) electrons. The monoisotopic (exact) mass is 478 g/mol. The van der Waals surface area contributed by atoms with Gasteiger partial charge in [0.1, 0.15) is 17.0 Å². The van der Waals surface area contributed by atoms with E-state index < -0.39 is 5.63 Å². The van der Waals surface area contributed by atoms with E-state index in [4.69, 9.17) is 13.6 Å². The summed E-state index contributed by atoms with van der Waals surface area (Å²) in [7, 11) is 0. The molecule has 4 aromatic rings. The summed E-state index contributed by atoms with van der Waals surface area (Å²) in [5.74, 6) is -0.402. The minimum atomic E-state index is -0.444. The Morgan fingerprint density at radius 3 is 2.63 bits per heavy atom. The molecule has 0 unspecified atom stereocenters. The van der Waals surface area contributed by atoms with Crippen molar-refractivity contribution >= 4 is 27.8 Å². The number of carbonyl (C=O) groups excluding carboxylic acids is 1. The number of carbonyl (C=O) groups is 1. The third kappa shape index (κ3) is 4.99. The zero-order valence-electron chi connectivity index (χ0n) is 19.6. The van der Waals surface area contributed by atoms with Crippen LogP contribution in [-0.2, 0) is 16.0 Å². The summed E-state index contributed by atoms with van der Waals surface area (Å²) in [6.45, 7) is 6.41. The van der Waals surface area contributed by atoms with Crippen molar-refractivity contribution in [2.45, 2.75) is 19.8 Å². The number of halogens is 1. The SMILES string of the molecule is Cc1c(CCC(=O)NCCN2CCOCC2)c(=O)oc2cc3occ(-c4ccc(F)cc4)c3cc12. The van der Waals surface area contributed by atoms with Crippen LogP contribution in [0, 0.1) is 12.7 Å². The zero-order chi connectivity index (χ0) is 24.4. The van der Waals surface area contributed by atoms with Gasteiger partial charge in [-0.15, -0.1) is 0 Å². The molecule has 0 bridgehead atoms. The zero-order valence-corrected chi connectivity index (χ0v) is 19.6. The van der Waals surface area contributed by atoms with Crippen molar-refractivity contribution in [2.24, 2.45) is 0 Å². The van der Waals surface area contributed by atoms with E-state index in [2.05, 4.69) is 10.2 Å². The van der Waals surface area contributed by atoms with Gasteiger partial charge in [-0.05, 0) is 42.7 Å². The molecule has 1 fully saturated rings. The summed E-state index contributed by atoms with van der Waals surface area (Å²) >= 11 is 0. The van der Waals surface area contributed by atoms with Gasteiger partial charge in [0.05, 0.1) is 19.5 Å². The molecule has 35 heavy (non-hydrogen) atoms. The molecule has 0 saturated carbocycles. The number of hydrogen-bond acceptors (Lipinski definition) is 6. The first-order valence-corrected chi connectivity index (χ1v) is 11.8. The van der Waals surface area contributed by atoms with Gasteiger partial charge in [0.25, 0.3) is 0 Å². The lowest BCUT2D eigenvalue weighted by Gasteiger charge is -2.26. The number of morpholine rings is 1. The largest absolute Gasteiger partial charge is 0.464 e. The normalized spacial score (nSPS) is 14.6. The van der Waals surface area contributed by atoms with Gasteiger partial charge in [-0.3, -0.25) is 9.69 Å². The first-order chi connectivity index (χ1) is 17.0. The van der Waals surface area contributed by atoms with E-state index in [0.717, 1.165) is 60.3 Å². The van der Waals surface area contributed by atoms with Gasteiger partial charge < -0.3 is 18.9 Å². The minimum Gasteiger partial charge on any atom is -0.464 e. The summed E-state index contributed by atoms with van der Waals surface area (Å²) in [4.78, 5) is 27.3. The summed E-state index contributed by atoms with van der Waals surface area (Å²) in [6.07, 6.45) is 2.11. The number of aryl methyl sites for hydroxylation is 1. The summed E-state index contributed by atoms with van der Waals surface area (Å²) in [5.41, 5.74) is 3.49. The van der Waals surface area contributed by atoms with Crippen molar-refractivity contribution in [1.82, 2.24) is 10.2 Å². The number of furan rings is 1. The Morgan fingerprint density at radius 2 is 1.86 bits per heavy atom. The molecule has 3 heterocycles. The third-order valence-electron chi connectivity index (χ3n) is 6.59. The molecule has 2 aromatic heterocycles.